The number of hydrogen-bond donors (Lipinski definition) is 1. The van der Waals surface area contributed by atoms with E-state index in [4.69, 9.17) is 17.3 Å². The van der Waals surface area contributed by atoms with E-state index in [0.29, 0.717) is 0 Å². The molecule has 0 unspecified atom stereocenters. The third-order valence-electron chi connectivity index (χ3n) is 12.9. The molecule has 0 spiro atoms. The van der Waals surface area contributed by atoms with Crippen LogP contribution >= 0.6 is 56.8 Å². The van der Waals surface area contributed by atoms with Crippen molar-refractivity contribution in [3.63, 3.8) is 0 Å². The number of hydrogen-bond acceptors (Lipinski definition) is 1. The Hall–Kier alpha value is -7.29. The number of rotatable bonds is 8. The lowest BCUT2D eigenvalue weighted by atomic mass is 9.94. The molecule has 0 amide bonds. The first kappa shape index (κ1) is 54.0. The summed E-state index contributed by atoms with van der Waals surface area (Å²) in [7, 11) is 0. The van der Waals surface area contributed by atoms with Gasteiger partial charge in [-0.3, -0.25) is 0 Å². The van der Waals surface area contributed by atoms with E-state index in [2.05, 4.69) is 276 Å². The van der Waals surface area contributed by atoms with Gasteiger partial charge in [0.25, 0.3) is 0 Å². The van der Waals surface area contributed by atoms with Crippen molar-refractivity contribution in [1.82, 2.24) is 0 Å². The maximum Gasteiger partial charge on any atom is 0.0406 e. The number of benzene rings is 12. The van der Waals surface area contributed by atoms with Gasteiger partial charge in [0.2, 0.25) is 0 Å². The number of halogens is 3. The highest BCUT2D eigenvalue weighted by Gasteiger charge is 2.09. The van der Waals surface area contributed by atoms with Crippen LogP contribution in [0.2, 0.25) is 5.02 Å². The molecule has 0 heterocycles. The van der Waals surface area contributed by atoms with E-state index >= 15 is 0 Å². The van der Waals surface area contributed by atoms with Crippen LogP contribution in [-0.4, -0.2) is 9.86 Å². The Bertz CT molecular complexity index is 3620. The van der Waals surface area contributed by atoms with Crippen molar-refractivity contribution in [3.8, 4) is 66.8 Å². The molecule has 0 aliphatic heterocycles. The standard InChI is InChI=1S/C35H26.C22H15Cl.C12H11N.2CH3I/c1-3-8-28(9-4-1)29-18-14-26(15-19-29)24-27-16-20-30(21-17-27)33-23-22-32-12-7-13-34(35(32)25-33)31-10-5-2-6-11-31;23-20-13-11-16(12-14-20)19-10-9-18-7-4-8-21(22(18)15-19)17-5-2-1-3-6-17;13-12-8-6-11(7-9-12)10-4-2-1-3-5-10;2*1-2/h1-23,25H,24H2;1-15H;1-9H,13H2;2*1H3. The van der Waals surface area contributed by atoms with E-state index in [0.717, 1.165) is 17.1 Å². The third-order valence-corrected chi connectivity index (χ3v) is 13.1. The largest absolute Gasteiger partial charge is 0.399 e. The van der Waals surface area contributed by atoms with Crippen LogP contribution in [0.15, 0.2) is 291 Å². The summed E-state index contributed by atoms with van der Waals surface area (Å²) in [4.78, 5) is 3.94. The predicted molar refractivity (Wildman–Crippen MR) is 346 cm³/mol. The van der Waals surface area contributed by atoms with E-state index in [-0.39, 0.29) is 0 Å². The summed E-state index contributed by atoms with van der Waals surface area (Å²) in [6.07, 6.45) is 0.936. The van der Waals surface area contributed by atoms with Crippen molar-refractivity contribution in [2.75, 3.05) is 15.6 Å². The molecule has 4 heteroatoms. The third kappa shape index (κ3) is 14.5. The maximum atomic E-state index is 6.00. The van der Waals surface area contributed by atoms with Crippen molar-refractivity contribution in [2.24, 2.45) is 0 Å². The SMILES string of the molecule is CI.CI.Clc1ccc(-c2ccc3cccc(-c4ccccc4)c3c2)cc1.Nc1ccc(-c2ccccc2)cc1.c1ccc(-c2ccc(Cc3ccc(-c4ccc5cccc(-c6ccccc6)c5c4)cc3)cc2)cc1. The molecular formula is C71H58ClI2N. The number of anilines is 1. The first-order valence-electron chi connectivity index (χ1n) is 24.8. The average Bonchev–Trinajstić information content (AvgIpc) is 3.50. The van der Waals surface area contributed by atoms with Gasteiger partial charge in [0.15, 0.2) is 0 Å². The Kier molecular flexibility index (Phi) is 20.0. The van der Waals surface area contributed by atoms with E-state index in [9.17, 15) is 0 Å². The van der Waals surface area contributed by atoms with Crippen molar-refractivity contribution >= 4 is 84.0 Å². The molecule has 0 saturated heterocycles. The Morgan fingerprint density at radius 2 is 0.573 bits per heavy atom. The lowest BCUT2D eigenvalue weighted by molar-refractivity contribution is 1.19. The number of alkyl halides is 2. The summed E-state index contributed by atoms with van der Waals surface area (Å²) < 4.78 is 0. The summed E-state index contributed by atoms with van der Waals surface area (Å²) in [5.41, 5.74) is 23.9. The summed E-state index contributed by atoms with van der Waals surface area (Å²) in [6, 6.07) is 102. The van der Waals surface area contributed by atoms with Gasteiger partial charge in [0.1, 0.15) is 0 Å². The zero-order valence-electron chi connectivity index (χ0n) is 42.1. The van der Waals surface area contributed by atoms with Gasteiger partial charge in [-0.05, 0) is 152 Å². The first-order valence-corrected chi connectivity index (χ1v) is 29.5. The zero-order valence-corrected chi connectivity index (χ0v) is 47.2. The molecule has 0 aromatic heterocycles. The predicted octanol–water partition coefficient (Wildman–Crippen LogP) is 21.3. The van der Waals surface area contributed by atoms with Gasteiger partial charge in [-0.25, -0.2) is 0 Å². The summed E-state index contributed by atoms with van der Waals surface area (Å²) in [6.45, 7) is 0. The highest BCUT2D eigenvalue weighted by molar-refractivity contribution is 14.1. The molecule has 1 nitrogen and oxygen atoms in total. The molecule has 12 aromatic carbocycles. The Balaban J connectivity index is 0.000000160. The average molecular weight is 1210 g/mol. The molecule has 12 aromatic rings. The summed E-state index contributed by atoms with van der Waals surface area (Å²) >= 11 is 10.3. The van der Waals surface area contributed by atoms with Crippen molar-refractivity contribution in [3.05, 3.63) is 307 Å². The van der Waals surface area contributed by atoms with Gasteiger partial charge in [0, 0.05) is 10.7 Å². The van der Waals surface area contributed by atoms with Gasteiger partial charge >= 0.3 is 0 Å². The lowest BCUT2D eigenvalue weighted by Crippen LogP contribution is -1.89. The molecule has 12 rings (SSSR count). The van der Waals surface area contributed by atoms with Crippen LogP contribution in [-0.2, 0) is 6.42 Å². The number of nitrogens with two attached hydrogens (primary N) is 1. The molecule has 0 aliphatic carbocycles. The molecule has 0 fully saturated rings. The molecular weight excluding hydrogens is 1160 g/mol. The highest BCUT2D eigenvalue weighted by Crippen LogP contribution is 2.34. The minimum Gasteiger partial charge on any atom is -0.399 e. The quantitative estimate of drug-likeness (QED) is 0.0916. The van der Waals surface area contributed by atoms with Crippen LogP contribution in [0, 0.1) is 0 Å². The fraction of sp³-hybridized carbons (Fsp3) is 0.0423. The number of fused-ring (bicyclic) bond motifs is 2. The first-order chi connectivity index (χ1) is 37.0. The van der Waals surface area contributed by atoms with Gasteiger partial charge in [0.05, 0.1) is 0 Å². The molecule has 0 bridgehead atoms. The van der Waals surface area contributed by atoms with Crippen LogP contribution < -0.4 is 5.73 Å². The van der Waals surface area contributed by atoms with Gasteiger partial charge in [-0.15, -0.1) is 0 Å². The van der Waals surface area contributed by atoms with Crippen molar-refractivity contribution in [1.29, 1.82) is 0 Å². The number of nitrogen functional groups attached to an aromatic ring is 1. The smallest absolute Gasteiger partial charge is 0.0406 e. The van der Waals surface area contributed by atoms with Crippen LogP contribution in [0.5, 0.6) is 0 Å². The minimum absolute atomic E-state index is 0.763. The Labute approximate surface area is 476 Å². The summed E-state index contributed by atoms with van der Waals surface area (Å²) in [5.74, 6) is 0. The molecule has 2 N–H and O–H groups in total. The second-order valence-electron chi connectivity index (χ2n) is 17.6. The Morgan fingerprint density at radius 3 is 0.947 bits per heavy atom. The lowest BCUT2D eigenvalue weighted by Gasteiger charge is -2.10. The second-order valence-corrected chi connectivity index (χ2v) is 18.1. The van der Waals surface area contributed by atoms with Gasteiger partial charge < -0.3 is 5.73 Å². The molecule has 75 heavy (non-hydrogen) atoms. The van der Waals surface area contributed by atoms with Crippen LogP contribution in [0.3, 0.4) is 0 Å². The fourth-order valence-electron chi connectivity index (χ4n) is 9.09. The maximum absolute atomic E-state index is 6.00. The Morgan fingerprint density at radius 1 is 0.280 bits per heavy atom. The molecule has 368 valence electrons. The van der Waals surface area contributed by atoms with E-state index < -0.39 is 0 Å². The van der Waals surface area contributed by atoms with Crippen molar-refractivity contribution < 1.29 is 0 Å². The molecule has 0 atom stereocenters. The van der Waals surface area contributed by atoms with E-state index in [1.165, 1.54) is 99.4 Å². The van der Waals surface area contributed by atoms with Gasteiger partial charge in [-0.1, -0.05) is 312 Å². The molecule has 0 aliphatic rings. The topological polar surface area (TPSA) is 26.0 Å². The monoisotopic (exact) mass is 1210 g/mol. The molecule has 0 radical (unpaired) electrons. The zero-order chi connectivity index (χ0) is 52.2. The van der Waals surface area contributed by atoms with Crippen LogP contribution in [0.25, 0.3) is 88.3 Å². The van der Waals surface area contributed by atoms with E-state index in [1.54, 1.807) is 0 Å². The summed E-state index contributed by atoms with van der Waals surface area (Å²) in [5, 5.41) is 5.85. The normalized spacial score (nSPS) is 10.3. The highest BCUT2D eigenvalue weighted by atomic mass is 127. The van der Waals surface area contributed by atoms with Crippen molar-refractivity contribution in [2.45, 2.75) is 6.42 Å². The van der Waals surface area contributed by atoms with E-state index in [1.807, 2.05) is 70.5 Å². The molecule has 0 saturated carbocycles. The van der Waals surface area contributed by atoms with Gasteiger partial charge in [-0.2, -0.15) is 0 Å². The van der Waals surface area contributed by atoms with Crippen LogP contribution in [0.1, 0.15) is 11.1 Å². The van der Waals surface area contributed by atoms with Crippen LogP contribution in [0.4, 0.5) is 5.69 Å². The minimum atomic E-state index is 0.763. The fourth-order valence-corrected chi connectivity index (χ4v) is 9.21. The second kappa shape index (κ2) is 27.8.